The van der Waals surface area contributed by atoms with Crippen molar-refractivity contribution in [2.45, 2.75) is 32.7 Å². The maximum atomic E-state index is 11.6. The van der Waals surface area contributed by atoms with E-state index >= 15 is 0 Å². The first-order valence-corrected chi connectivity index (χ1v) is 3.10. The van der Waals surface area contributed by atoms with Gasteiger partial charge in [0, 0.05) is 6.42 Å². The van der Waals surface area contributed by atoms with Crippen LogP contribution in [0.3, 0.4) is 0 Å². The Balaban J connectivity index is 3.64. The summed E-state index contributed by atoms with van der Waals surface area (Å²) in [5.41, 5.74) is 5.17. The number of hydrogen-bond acceptors (Lipinski definition) is 1. The fourth-order valence-electron chi connectivity index (χ4n) is 0.658. The second kappa shape index (κ2) is 4.19. The number of halogens is 2. The third-order valence-corrected chi connectivity index (χ3v) is 0.943. The van der Waals surface area contributed by atoms with Crippen molar-refractivity contribution in [2.24, 2.45) is 10.7 Å². The van der Waals surface area contributed by atoms with Gasteiger partial charge in [-0.3, -0.25) is 4.99 Å². The summed E-state index contributed by atoms with van der Waals surface area (Å²) in [5.74, 6) is 0.355. The highest BCUT2D eigenvalue weighted by molar-refractivity contribution is 5.77. The molecule has 0 saturated heterocycles. The van der Waals surface area contributed by atoms with Crippen LogP contribution in [0.1, 0.15) is 20.3 Å². The van der Waals surface area contributed by atoms with Crippen LogP contribution < -0.4 is 5.73 Å². The minimum atomic E-state index is -2.29. The molecule has 4 heteroatoms. The number of hydrogen-bond donors (Lipinski definition) is 1. The summed E-state index contributed by atoms with van der Waals surface area (Å²) in [6.07, 6.45) is -2.51. The minimum Gasteiger partial charge on any atom is -0.388 e. The van der Waals surface area contributed by atoms with E-state index in [-0.39, 0.29) is 12.5 Å². The molecule has 0 aliphatic carbocycles. The van der Waals surface area contributed by atoms with Gasteiger partial charge in [0.25, 0.3) is 0 Å². The largest absolute Gasteiger partial charge is 0.388 e. The van der Waals surface area contributed by atoms with Gasteiger partial charge in [-0.25, -0.2) is 8.78 Å². The fourth-order valence-corrected chi connectivity index (χ4v) is 0.658. The van der Waals surface area contributed by atoms with Crippen LogP contribution in [-0.4, -0.2) is 18.3 Å². The normalized spacial score (nSPS) is 15.9. The molecule has 0 amide bonds. The minimum absolute atomic E-state index is 0.214. The smallest absolute Gasteiger partial charge is 0.240 e. The third kappa shape index (κ3) is 5.47. The van der Waals surface area contributed by atoms with Gasteiger partial charge in [-0.05, 0) is 13.8 Å². The highest BCUT2D eigenvalue weighted by atomic mass is 19.3. The Bertz CT molecular complexity index is 119. The average Bonchev–Trinajstić information content (AvgIpc) is 1.58. The molecule has 0 radical (unpaired) electrons. The summed E-state index contributed by atoms with van der Waals surface area (Å²) < 4.78 is 23.3. The number of amidine groups is 1. The lowest BCUT2D eigenvalue weighted by molar-refractivity contribution is 0.131. The Morgan fingerprint density at radius 1 is 1.60 bits per heavy atom. The quantitative estimate of drug-likeness (QED) is 0.479. The van der Waals surface area contributed by atoms with Crippen LogP contribution in [0.5, 0.6) is 0 Å². The summed E-state index contributed by atoms with van der Waals surface area (Å²) in [7, 11) is 0. The molecule has 10 heavy (non-hydrogen) atoms. The number of aliphatic imine (C=N–C) groups is 1. The van der Waals surface area contributed by atoms with Gasteiger partial charge in [0.05, 0.1) is 11.9 Å². The summed E-state index contributed by atoms with van der Waals surface area (Å²) in [6, 6.07) is -0.370. The topological polar surface area (TPSA) is 38.4 Å². The SMILES string of the molecule is CC(N)=NC(C)CC(F)F. The molecule has 0 aromatic heterocycles. The highest BCUT2D eigenvalue weighted by Crippen LogP contribution is 2.05. The Hall–Kier alpha value is -0.670. The lowest BCUT2D eigenvalue weighted by Crippen LogP contribution is -2.12. The molecule has 1 atom stereocenters. The molecule has 0 bridgehead atoms. The monoisotopic (exact) mass is 150 g/mol. The van der Waals surface area contributed by atoms with E-state index in [9.17, 15) is 8.78 Å². The van der Waals surface area contributed by atoms with Gasteiger partial charge < -0.3 is 5.73 Å². The summed E-state index contributed by atoms with van der Waals surface area (Å²) in [4.78, 5) is 3.73. The van der Waals surface area contributed by atoms with E-state index in [1.54, 1.807) is 13.8 Å². The maximum Gasteiger partial charge on any atom is 0.240 e. The molecule has 0 heterocycles. The molecule has 2 nitrogen and oxygen atoms in total. The molecular formula is C6H12F2N2. The molecule has 0 saturated carbocycles. The van der Waals surface area contributed by atoms with Crippen LogP contribution in [0.4, 0.5) is 8.78 Å². The Morgan fingerprint density at radius 3 is 2.40 bits per heavy atom. The number of nitrogens with two attached hydrogens (primary N) is 1. The molecule has 0 spiro atoms. The van der Waals surface area contributed by atoms with Crippen molar-refractivity contribution in [1.82, 2.24) is 0 Å². The molecule has 0 aromatic carbocycles. The van der Waals surface area contributed by atoms with Crippen molar-refractivity contribution in [3.05, 3.63) is 0 Å². The molecule has 0 aliphatic heterocycles. The van der Waals surface area contributed by atoms with Crippen LogP contribution in [0.25, 0.3) is 0 Å². The molecular weight excluding hydrogens is 138 g/mol. The molecule has 1 unspecified atom stereocenters. The van der Waals surface area contributed by atoms with Gasteiger partial charge >= 0.3 is 0 Å². The van der Waals surface area contributed by atoms with E-state index < -0.39 is 6.43 Å². The van der Waals surface area contributed by atoms with Crippen molar-refractivity contribution < 1.29 is 8.78 Å². The van der Waals surface area contributed by atoms with Gasteiger partial charge in [-0.2, -0.15) is 0 Å². The first-order chi connectivity index (χ1) is 4.52. The van der Waals surface area contributed by atoms with Gasteiger partial charge in [0.2, 0.25) is 6.43 Å². The molecule has 2 N–H and O–H groups in total. The van der Waals surface area contributed by atoms with E-state index in [1.807, 2.05) is 0 Å². The maximum absolute atomic E-state index is 11.6. The summed E-state index contributed by atoms with van der Waals surface area (Å²) >= 11 is 0. The molecule has 60 valence electrons. The van der Waals surface area contributed by atoms with Gasteiger partial charge in [-0.15, -0.1) is 0 Å². The van der Waals surface area contributed by atoms with Crippen molar-refractivity contribution in [3.8, 4) is 0 Å². The predicted octanol–water partition coefficient (Wildman–Crippen LogP) is 1.41. The van der Waals surface area contributed by atoms with Crippen LogP contribution in [0.15, 0.2) is 4.99 Å². The lowest BCUT2D eigenvalue weighted by Gasteiger charge is -2.04. The van der Waals surface area contributed by atoms with E-state index in [0.29, 0.717) is 5.84 Å². The van der Waals surface area contributed by atoms with Crippen molar-refractivity contribution >= 4 is 5.84 Å². The summed E-state index contributed by atoms with van der Waals surface area (Å²) in [6.45, 7) is 3.20. The second-order valence-electron chi connectivity index (χ2n) is 2.25. The molecule has 0 fully saturated rings. The van der Waals surface area contributed by atoms with Gasteiger partial charge in [0.1, 0.15) is 0 Å². The van der Waals surface area contributed by atoms with Crippen LogP contribution >= 0.6 is 0 Å². The fraction of sp³-hybridized carbons (Fsp3) is 0.833. The number of nitrogens with zero attached hydrogens (tertiary/aromatic N) is 1. The van der Waals surface area contributed by atoms with Crippen molar-refractivity contribution in [2.75, 3.05) is 0 Å². The standard InChI is InChI=1S/C6H12F2N2/c1-4(3-6(7)8)10-5(2)9/h4,6H,3H2,1-2H3,(H2,9,10). The Labute approximate surface area is 59.1 Å². The van der Waals surface area contributed by atoms with E-state index in [4.69, 9.17) is 5.73 Å². The second-order valence-corrected chi connectivity index (χ2v) is 2.25. The van der Waals surface area contributed by atoms with Crippen LogP contribution in [0, 0.1) is 0 Å². The Morgan fingerprint density at radius 2 is 2.10 bits per heavy atom. The predicted molar refractivity (Wildman–Crippen MR) is 37.4 cm³/mol. The summed E-state index contributed by atoms with van der Waals surface area (Å²) in [5, 5.41) is 0. The third-order valence-electron chi connectivity index (χ3n) is 0.943. The van der Waals surface area contributed by atoms with Gasteiger partial charge in [-0.1, -0.05) is 0 Å². The number of alkyl halides is 2. The van der Waals surface area contributed by atoms with Crippen molar-refractivity contribution in [1.29, 1.82) is 0 Å². The van der Waals surface area contributed by atoms with E-state index in [1.165, 1.54) is 0 Å². The number of rotatable bonds is 3. The van der Waals surface area contributed by atoms with E-state index in [2.05, 4.69) is 4.99 Å². The zero-order valence-electron chi connectivity index (χ0n) is 6.14. The zero-order valence-corrected chi connectivity index (χ0v) is 6.14. The van der Waals surface area contributed by atoms with Crippen LogP contribution in [-0.2, 0) is 0 Å². The molecule has 0 aromatic rings. The van der Waals surface area contributed by atoms with Gasteiger partial charge in [0.15, 0.2) is 0 Å². The highest BCUT2D eigenvalue weighted by Gasteiger charge is 2.07. The average molecular weight is 150 g/mol. The first kappa shape index (κ1) is 9.33. The molecule has 0 aliphatic rings. The lowest BCUT2D eigenvalue weighted by atomic mass is 10.2. The first-order valence-electron chi connectivity index (χ1n) is 3.10. The Kier molecular flexibility index (Phi) is 3.91. The molecule has 0 rings (SSSR count). The van der Waals surface area contributed by atoms with Crippen LogP contribution in [0.2, 0.25) is 0 Å². The van der Waals surface area contributed by atoms with E-state index in [0.717, 1.165) is 0 Å². The van der Waals surface area contributed by atoms with Crippen molar-refractivity contribution in [3.63, 3.8) is 0 Å². The zero-order chi connectivity index (χ0) is 8.15.